The zero-order valence-electron chi connectivity index (χ0n) is 19.0. The number of aromatic nitrogens is 4. The van der Waals surface area contributed by atoms with Gasteiger partial charge >= 0.3 is 0 Å². The highest BCUT2D eigenvalue weighted by molar-refractivity contribution is 9.10. The smallest absolute Gasteiger partial charge is 0.223 e. The van der Waals surface area contributed by atoms with E-state index in [1.54, 1.807) is 0 Å². The van der Waals surface area contributed by atoms with Crippen LogP contribution >= 0.6 is 15.9 Å². The Kier molecular flexibility index (Phi) is 6.34. The summed E-state index contributed by atoms with van der Waals surface area (Å²) < 4.78 is 48.1. The molecule has 0 unspecified atom stereocenters. The molecule has 0 radical (unpaired) electrons. The van der Waals surface area contributed by atoms with E-state index >= 15 is 0 Å². The first-order valence-corrected chi connectivity index (χ1v) is 13.9. The fourth-order valence-electron chi connectivity index (χ4n) is 4.24. The van der Waals surface area contributed by atoms with Gasteiger partial charge in [0, 0.05) is 44.3 Å². The molecule has 34 heavy (non-hydrogen) atoms. The van der Waals surface area contributed by atoms with Crippen LogP contribution in [0.25, 0.3) is 11.0 Å². The third-order valence-electron chi connectivity index (χ3n) is 6.39. The summed E-state index contributed by atoms with van der Waals surface area (Å²) >= 11 is 3.59. The number of rotatable bonds is 7. The van der Waals surface area contributed by atoms with Gasteiger partial charge in [0.05, 0.1) is 22.4 Å². The van der Waals surface area contributed by atoms with Crippen molar-refractivity contribution in [2.45, 2.75) is 38.9 Å². The molecule has 3 heterocycles. The van der Waals surface area contributed by atoms with Crippen LogP contribution in [0.3, 0.4) is 0 Å². The Morgan fingerprint density at radius 1 is 1.26 bits per heavy atom. The standard InChI is InChI=1S/C22H26BrFN6O3S/c1-14-11-29(34(2,31)32)8-7-28(14)13-16-9-17(24)10-25-22(16)33-19-6-5-18-21(20(19)23)26-27-30(18)12-15-3-4-15/h5-6,9-10,14-15H,3-4,7-8,11-13H2,1-2H3/t14-/m0/s1. The van der Waals surface area contributed by atoms with Crippen molar-refractivity contribution in [1.82, 2.24) is 29.2 Å². The summed E-state index contributed by atoms with van der Waals surface area (Å²) in [6.45, 7) is 4.51. The summed E-state index contributed by atoms with van der Waals surface area (Å²) in [4.78, 5) is 6.30. The second-order valence-corrected chi connectivity index (χ2v) is 11.9. The normalized spacial score (nSPS) is 20.2. The molecular formula is C22H26BrFN6O3S. The van der Waals surface area contributed by atoms with E-state index in [-0.39, 0.29) is 6.04 Å². The zero-order valence-corrected chi connectivity index (χ0v) is 21.4. The summed E-state index contributed by atoms with van der Waals surface area (Å²) in [5.41, 5.74) is 2.22. The highest BCUT2D eigenvalue weighted by Crippen LogP contribution is 2.37. The molecule has 0 N–H and O–H groups in total. The first-order valence-electron chi connectivity index (χ1n) is 11.2. The Hall–Kier alpha value is -2.15. The number of fused-ring (bicyclic) bond motifs is 1. The van der Waals surface area contributed by atoms with E-state index in [9.17, 15) is 12.8 Å². The van der Waals surface area contributed by atoms with Crippen molar-refractivity contribution in [3.8, 4) is 11.6 Å². The highest BCUT2D eigenvalue weighted by Gasteiger charge is 2.29. The van der Waals surface area contributed by atoms with Crippen LogP contribution in [0.1, 0.15) is 25.3 Å². The van der Waals surface area contributed by atoms with Gasteiger partial charge in [-0.05, 0) is 59.8 Å². The lowest BCUT2D eigenvalue weighted by atomic mass is 10.1. The molecule has 5 rings (SSSR count). The summed E-state index contributed by atoms with van der Waals surface area (Å²) in [6.07, 6.45) is 4.80. The van der Waals surface area contributed by atoms with Gasteiger partial charge in [0.15, 0.2) is 0 Å². The van der Waals surface area contributed by atoms with Crippen molar-refractivity contribution < 1.29 is 17.5 Å². The van der Waals surface area contributed by atoms with Crippen molar-refractivity contribution in [3.05, 3.63) is 40.2 Å². The predicted octanol–water partition coefficient (Wildman–Crippen LogP) is 3.40. The van der Waals surface area contributed by atoms with Gasteiger partial charge in [-0.15, -0.1) is 5.10 Å². The summed E-state index contributed by atoms with van der Waals surface area (Å²) in [7, 11) is -3.24. The minimum Gasteiger partial charge on any atom is -0.437 e. The molecule has 2 fully saturated rings. The number of hydrogen-bond acceptors (Lipinski definition) is 7. The van der Waals surface area contributed by atoms with Crippen molar-refractivity contribution in [2.24, 2.45) is 5.92 Å². The maximum atomic E-state index is 14.1. The number of hydrogen-bond donors (Lipinski definition) is 0. The monoisotopic (exact) mass is 552 g/mol. The highest BCUT2D eigenvalue weighted by atomic mass is 79.9. The number of piperazine rings is 1. The topological polar surface area (TPSA) is 93.5 Å². The molecule has 182 valence electrons. The molecule has 1 saturated heterocycles. The average molecular weight is 553 g/mol. The molecule has 0 spiro atoms. The van der Waals surface area contributed by atoms with Gasteiger partial charge in [-0.2, -0.15) is 4.31 Å². The first-order chi connectivity index (χ1) is 16.2. The lowest BCUT2D eigenvalue weighted by Crippen LogP contribution is -2.52. The van der Waals surface area contributed by atoms with Gasteiger partial charge in [-0.1, -0.05) is 5.21 Å². The van der Waals surface area contributed by atoms with E-state index in [2.05, 4.69) is 36.1 Å². The Morgan fingerprint density at radius 3 is 2.76 bits per heavy atom. The summed E-state index contributed by atoms with van der Waals surface area (Å²) in [5.74, 6) is 1.03. The Balaban J connectivity index is 1.37. The van der Waals surface area contributed by atoms with Crippen LogP contribution in [0.15, 0.2) is 28.9 Å². The molecule has 1 saturated carbocycles. The number of sulfonamides is 1. The van der Waals surface area contributed by atoms with E-state index in [1.807, 2.05) is 23.7 Å². The molecular weight excluding hydrogens is 527 g/mol. The van der Waals surface area contributed by atoms with Crippen LogP contribution in [-0.4, -0.2) is 69.5 Å². The molecule has 1 aliphatic carbocycles. The van der Waals surface area contributed by atoms with Gasteiger partial charge in [0.1, 0.15) is 17.1 Å². The lowest BCUT2D eigenvalue weighted by Gasteiger charge is -2.38. The van der Waals surface area contributed by atoms with Crippen LogP contribution in [0.4, 0.5) is 4.39 Å². The van der Waals surface area contributed by atoms with Gasteiger partial charge in [0.25, 0.3) is 0 Å². The van der Waals surface area contributed by atoms with E-state index in [4.69, 9.17) is 4.74 Å². The van der Waals surface area contributed by atoms with Crippen molar-refractivity contribution in [3.63, 3.8) is 0 Å². The minimum atomic E-state index is -3.24. The number of pyridine rings is 1. The molecule has 9 nitrogen and oxygen atoms in total. The Morgan fingerprint density at radius 2 is 2.06 bits per heavy atom. The zero-order chi connectivity index (χ0) is 24.0. The van der Waals surface area contributed by atoms with Crippen molar-refractivity contribution in [1.29, 1.82) is 0 Å². The second kappa shape index (κ2) is 9.14. The van der Waals surface area contributed by atoms with Crippen LogP contribution in [0, 0.1) is 11.7 Å². The largest absolute Gasteiger partial charge is 0.437 e. The fourth-order valence-corrected chi connectivity index (χ4v) is 5.63. The van der Waals surface area contributed by atoms with Crippen LogP contribution in [0.5, 0.6) is 11.6 Å². The van der Waals surface area contributed by atoms with E-state index in [0.717, 1.165) is 18.3 Å². The number of halogens is 2. The van der Waals surface area contributed by atoms with E-state index in [0.29, 0.717) is 59.3 Å². The first kappa shape index (κ1) is 23.6. The van der Waals surface area contributed by atoms with Gasteiger partial charge in [0.2, 0.25) is 15.9 Å². The number of ether oxygens (including phenoxy) is 1. The third-order valence-corrected chi connectivity index (χ3v) is 8.42. The molecule has 1 aliphatic heterocycles. The second-order valence-electron chi connectivity index (χ2n) is 9.12. The molecule has 1 aromatic carbocycles. The minimum absolute atomic E-state index is 0.0378. The van der Waals surface area contributed by atoms with Crippen molar-refractivity contribution >= 4 is 37.0 Å². The molecule has 1 atom stereocenters. The van der Waals surface area contributed by atoms with Crippen molar-refractivity contribution in [2.75, 3.05) is 25.9 Å². The molecule has 3 aromatic rings. The summed E-state index contributed by atoms with van der Waals surface area (Å²) in [6, 6.07) is 5.13. The van der Waals surface area contributed by atoms with Crippen LogP contribution in [-0.2, 0) is 23.1 Å². The lowest BCUT2D eigenvalue weighted by molar-refractivity contribution is 0.121. The fraction of sp³-hybridized carbons (Fsp3) is 0.500. The predicted molar refractivity (Wildman–Crippen MR) is 129 cm³/mol. The molecule has 0 amide bonds. The van der Waals surface area contributed by atoms with Crippen LogP contribution in [0.2, 0.25) is 0 Å². The maximum absolute atomic E-state index is 14.1. The number of benzene rings is 1. The third kappa shape index (κ3) is 4.95. The van der Waals surface area contributed by atoms with Gasteiger partial charge < -0.3 is 4.74 Å². The number of nitrogens with zero attached hydrogens (tertiary/aromatic N) is 6. The molecule has 2 aromatic heterocycles. The molecule has 12 heteroatoms. The van der Waals surface area contributed by atoms with Crippen LogP contribution < -0.4 is 4.74 Å². The quantitative estimate of drug-likeness (QED) is 0.443. The SMILES string of the molecule is C[C@H]1CN(S(C)(=O)=O)CCN1Cc1cc(F)cnc1Oc1ccc2c(nnn2CC2CC2)c1Br. The Bertz CT molecular complexity index is 1330. The summed E-state index contributed by atoms with van der Waals surface area (Å²) in [5, 5.41) is 8.60. The molecule has 2 aliphatic rings. The van der Waals surface area contributed by atoms with E-state index in [1.165, 1.54) is 29.5 Å². The van der Waals surface area contributed by atoms with Gasteiger partial charge in [-0.25, -0.2) is 22.5 Å². The Labute approximate surface area is 206 Å². The average Bonchev–Trinajstić information content (AvgIpc) is 3.50. The van der Waals surface area contributed by atoms with Gasteiger partial charge in [-0.3, -0.25) is 4.90 Å². The van der Waals surface area contributed by atoms with E-state index < -0.39 is 15.8 Å². The maximum Gasteiger partial charge on any atom is 0.223 e. The molecule has 0 bridgehead atoms.